The fourth-order valence-corrected chi connectivity index (χ4v) is 4.64. The van der Waals surface area contributed by atoms with E-state index in [2.05, 4.69) is 50.2 Å². The molecule has 0 radical (unpaired) electrons. The monoisotopic (exact) mass is 447 g/mol. The lowest BCUT2D eigenvalue weighted by atomic mass is 9.95. The zero-order valence-corrected chi connectivity index (χ0v) is 18.8. The summed E-state index contributed by atoms with van der Waals surface area (Å²) in [4.78, 5) is 2.79. The van der Waals surface area contributed by atoms with E-state index in [4.69, 9.17) is 0 Å². The molecule has 2 heterocycles. The number of aromatic nitrogens is 2. The van der Waals surface area contributed by atoms with Crippen molar-refractivity contribution in [3.63, 3.8) is 0 Å². The van der Waals surface area contributed by atoms with Crippen LogP contribution < -0.4 is 9.96 Å². The molecular formula is C18H34BrN5OS. The Labute approximate surface area is 170 Å². The van der Waals surface area contributed by atoms with Gasteiger partial charge in [0.2, 0.25) is 0 Å². The molecule has 0 spiro atoms. The number of alkyl halides is 1. The summed E-state index contributed by atoms with van der Waals surface area (Å²) >= 11 is 4.83. The molecule has 1 saturated heterocycles. The van der Waals surface area contributed by atoms with Gasteiger partial charge in [-0.25, -0.2) is 0 Å². The number of rotatable bonds is 6. The molecule has 0 aromatic carbocycles. The van der Waals surface area contributed by atoms with Crippen LogP contribution in [0.5, 0.6) is 0 Å². The van der Waals surface area contributed by atoms with Crippen molar-refractivity contribution in [3.05, 3.63) is 10.7 Å². The Kier molecular flexibility index (Phi) is 9.40. The van der Waals surface area contributed by atoms with E-state index in [1.165, 1.54) is 62.7 Å². The second-order valence-electron chi connectivity index (χ2n) is 7.64. The molecule has 3 atom stereocenters. The lowest BCUT2D eigenvalue weighted by Gasteiger charge is -2.41. The van der Waals surface area contributed by atoms with Gasteiger partial charge in [0.1, 0.15) is 12.2 Å². The lowest BCUT2D eigenvalue weighted by Crippen LogP contribution is -2.58. The normalized spacial score (nSPS) is 28.6. The molecule has 3 rings (SSSR count). The third kappa shape index (κ3) is 6.49. The first-order valence-electron chi connectivity index (χ1n) is 9.89. The summed E-state index contributed by atoms with van der Waals surface area (Å²) in [5, 5.41) is 25.1. The fourth-order valence-electron chi connectivity index (χ4n) is 3.67. The molecule has 0 bridgehead atoms. The van der Waals surface area contributed by atoms with E-state index in [0.29, 0.717) is 22.7 Å². The Balaban J connectivity index is 0.000000298. The highest BCUT2D eigenvalue weighted by Gasteiger charge is 2.43. The molecule has 3 unspecified atom stereocenters. The Bertz CT molecular complexity index is 498. The molecule has 1 saturated carbocycles. The van der Waals surface area contributed by atoms with E-state index >= 15 is 0 Å². The van der Waals surface area contributed by atoms with Crippen LogP contribution in [0.1, 0.15) is 65.2 Å². The van der Waals surface area contributed by atoms with Gasteiger partial charge in [0, 0.05) is 10.9 Å². The summed E-state index contributed by atoms with van der Waals surface area (Å²) in [6.45, 7) is 5.64. The van der Waals surface area contributed by atoms with E-state index in [0.717, 1.165) is 6.54 Å². The minimum absolute atomic E-state index is 0.110. The topological polar surface area (TPSA) is 64.1 Å². The molecule has 6 nitrogen and oxygen atoms in total. The third-order valence-electron chi connectivity index (χ3n) is 5.10. The van der Waals surface area contributed by atoms with Crippen molar-refractivity contribution in [3.8, 4) is 0 Å². The summed E-state index contributed by atoms with van der Waals surface area (Å²) in [6.07, 6.45) is 10.1. The average molecular weight is 448 g/mol. The van der Waals surface area contributed by atoms with Gasteiger partial charge in [0.25, 0.3) is 0 Å². The minimum Gasteiger partial charge on any atom is -0.623 e. The predicted octanol–water partition coefficient (Wildman–Crippen LogP) is 4.45. The Morgan fingerprint density at radius 2 is 2.15 bits per heavy atom. The summed E-state index contributed by atoms with van der Waals surface area (Å²) in [6, 6.07) is 0.490. The third-order valence-corrected chi connectivity index (χ3v) is 6.36. The van der Waals surface area contributed by atoms with Crippen LogP contribution in [0.3, 0.4) is 0 Å². The summed E-state index contributed by atoms with van der Waals surface area (Å²) < 4.78 is -0.391. The van der Waals surface area contributed by atoms with E-state index in [1.54, 1.807) is 5.51 Å². The predicted molar refractivity (Wildman–Crippen MR) is 114 cm³/mol. The van der Waals surface area contributed by atoms with E-state index in [-0.39, 0.29) is 6.17 Å². The van der Waals surface area contributed by atoms with Gasteiger partial charge < -0.3 is 5.21 Å². The number of halogens is 1. The first-order chi connectivity index (χ1) is 12.5. The zero-order chi connectivity index (χ0) is 19.0. The van der Waals surface area contributed by atoms with E-state index < -0.39 is 4.65 Å². The van der Waals surface area contributed by atoms with Crippen molar-refractivity contribution >= 4 is 32.4 Å². The summed E-state index contributed by atoms with van der Waals surface area (Å²) in [5.74, 6) is 0. The van der Waals surface area contributed by atoms with Crippen LogP contribution in [0.2, 0.25) is 0 Å². The van der Waals surface area contributed by atoms with Crippen molar-refractivity contribution in [2.45, 2.75) is 82.2 Å². The molecule has 1 aromatic heterocycles. The van der Waals surface area contributed by atoms with Crippen LogP contribution >= 0.6 is 27.3 Å². The molecular weight excluding hydrogens is 414 g/mol. The molecule has 1 aromatic rings. The maximum Gasteiger partial charge on any atom is 0.308 e. The summed E-state index contributed by atoms with van der Waals surface area (Å²) in [5.41, 5.74) is 1.64. The van der Waals surface area contributed by atoms with Gasteiger partial charge >= 0.3 is 5.13 Å². The van der Waals surface area contributed by atoms with Crippen molar-refractivity contribution in [1.29, 1.82) is 0 Å². The molecule has 1 N–H and O–H groups in total. The number of nitrogens with zero attached hydrogens (tertiary/aromatic N) is 4. The highest BCUT2D eigenvalue weighted by molar-refractivity contribution is 9.09. The van der Waals surface area contributed by atoms with Gasteiger partial charge in [-0.3, -0.25) is 14.9 Å². The minimum atomic E-state index is -0.391. The van der Waals surface area contributed by atoms with Crippen LogP contribution in [0, 0.1) is 5.21 Å². The maximum absolute atomic E-state index is 13.1. The maximum atomic E-state index is 13.1. The van der Waals surface area contributed by atoms with Gasteiger partial charge in [-0.1, -0.05) is 67.0 Å². The highest BCUT2D eigenvalue weighted by atomic mass is 79.9. The van der Waals surface area contributed by atoms with Gasteiger partial charge in [0.15, 0.2) is 6.17 Å². The smallest absolute Gasteiger partial charge is 0.308 e. The van der Waals surface area contributed by atoms with Gasteiger partial charge in [0.05, 0.1) is 6.54 Å². The molecule has 0 amide bonds. The molecule has 2 fully saturated rings. The largest absolute Gasteiger partial charge is 0.623 e. The number of hydrogen-bond donors (Lipinski definition) is 1. The average Bonchev–Trinajstić information content (AvgIpc) is 3.24. The second-order valence-corrected chi connectivity index (χ2v) is 10.0. The van der Waals surface area contributed by atoms with Crippen LogP contribution in [0.15, 0.2) is 5.51 Å². The number of unbranched alkanes of at least 4 members (excludes halogenated alkanes) is 1. The molecule has 1 aliphatic heterocycles. The highest BCUT2D eigenvalue weighted by Crippen LogP contribution is 2.31. The molecule has 1 aliphatic carbocycles. The van der Waals surface area contributed by atoms with Crippen LogP contribution in [-0.4, -0.2) is 52.4 Å². The molecule has 150 valence electrons. The first kappa shape index (κ1) is 22.2. The summed E-state index contributed by atoms with van der Waals surface area (Å²) in [7, 11) is 1.99. The molecule has 26 heavy (non-hydrogen) atoms. The SMILES string of the molecule is CCCCC(C)Br.CN1CC(NC2CCCCC2)[N+]([O-])(c2nncs2)C1. The van der Waals surface area contributed by atoms with Crippen molar-refractivity contribution in [2.75, 3.05) is 20.3 Å². The fraction of sp³-hybridized carbons (Fsp3) is 0.889. The van der Waals surface area contributed by atoms with E-state index in [1.807, 2.05) is 7.05 Å². The Morgan fingerprint density at radius 3 is 2.69 bits per heavy atom. The number of hydrogen-bond acceptors (Lipinski definition) is 6. The van der Waals surface area contributed by atoms with Crippen LogP contribution in [0.25, 0.3) is 0 Å². The second kappa shape index (κ2) is 11.0. The van der Waals surface area contributed by atoms with Crippen molar-refractivity contribution in [1.82, 2.24) is 25.1 Å². The number of likely N-dealkylation sites (N-methyl/N-ethyl adjacent to an activating group) is 1. The van der Waals surface area contributed by atoms with Crippen molar-refractivity contribution in [2.24, 2.45) is 0 Å². The molecule has 2 aliphatic rings. The van der Waals surface area contributed by atoms with Crippen LogP contribution in [0.4, 0.5) is 5.13 Å². The van der Waals surface area contributed by atoms with Gasteiger partial charge in [-0.05, 0) is 37.6 Å². The quantitative estimate of drug-likeness (QED) is 0.396. The Hall–Kier alpha value is -0.120. The van der Waals surface area contributed by atoms with E-state index in [9.17, 15) is 5.21 Å². The zero-order valence-electron chi connectivity index (χ0n) is 16.4. The van der Waals surface area contributed by atoms with Crippen LogP contribution in [-0.2, 0) is 0 Å². The number of quaternary nitrogens is 1. The first-order valence-corrected chi connectivity index (χ1v) is 11.7. The lowest BCUT2D eigenvalue weighted by molar-refractivity contribution is 0.245. The molecule has 8 heteroatoms. The number of hydroxylamine groups is 2. The Morgan fingerprint density at radius 1 is 1.42 bits per heavy atom. The standard InChI is InChI=1S/C12H21N5OS.C6H13Br/c1-16-7-11(14-10-5-3-2-4-6-10)17(18,9-16)12-15-13-8-19-12;1-3-4-5-6(2)7/h8,10-11,14H,2-7,9H2,1H3;6H,3-5H2,1-2H3. The van der Waals surface area contributed by atoms with Gasteiger partial charge in [-0.15, -0.1) is 5.10 Å². The van der Waals surface area contributed by atoms with Gasteiger partial charge in [-0.2, -0.15) is 0 Å². The number of nitrogens with one attached hydrogen (secondary N) is 1. The van der Waals surface area contributed by atoms with Crippen molar-refractivity contribution < 1.29 is 0 Å².